The van der Waals surface area contributed by atoms with Crippen molar-refractivity contribution in [3.05, 3.63) is 51.5 Å². The number of carboxylic acids is 1. The Morgan fingerprint density at radius 1 is 1.33 bits per heavy atom. The SMILES string of the molecule is COCc1nc(C)c(C(=O)NC(c2ccccc2)C(C)C(=O)O)s1. The van der Waals surface area contributed by atoms with E-state index in [1.54, 1.807) is 33.1 Å². The minimum atomic E-state index is -0.967. The van der Waals surface area contributed by atoms with Crippen LogP contribution in [0.2, 0.25) is 0 Å². The van der Waals surface area contributed by atoms with Crippen molar-refractivity contribution in [3.8, 4) is 0 Å². The zero-order chi connectivity index (χ0) is 17.7. The highest BCUT2D eigenvalue weighted by molar-refractivity contribution is 7.13. The van der Waals surface area contributed by atoms with Crippen LogP contribution < -0.4 is 5.32 Å². The number of methoxy groups -OCH3 is 1. The fraction of sp³-hybridized carbons (Fsp3) is 0.353. The zero-order valence-electron chi connectivity index (χ0n) is 13.8. The van der Waals surface area contributed by atoms with Crippen LogP contribution in [-0.2, 0) is 16.1 Å². The van der Waals surface area contributed by atoms with Crippen molar-refractivity contribution in [2.24, 2.45) is 5.92 Å². The number of hydrogen-bond acceptors (Lipinski definition) is 5. The van der Waals surface area contributed by atoms with Gasteiger partial charge in [0.25, 0.3) is 5.91 Å². The molecule has 0 saturated heterocycles. The Hall–Kier alpha value is -2.25. The summed E-state index contributed by atoms with van der Waals surface area (Å²) < 4.78 is 5.03. The molecule has 0 radical (unpaired) electrons. The number of aromatic nitrogens is 1. The van der Waals surface area contributed by atoms with Gasteiger partial charge in [-0.1, -0.05) is 30.3 Å². The molecule has 0 aliphatic heterocycles. The molecule has 1 heterocycles. The quantitative estimate of drug-likeness (QED) is 0.803. The number of aryl methyl sites for hydroxylation is 1. The summed E-state index contributed by atoms with van der Waals surface area (Å²) in [5.41, 5.74) is 1.36. The summed E-state index contributed by atoms with van der Waals surface area (Å²) in [5.74, 6) is -2.05. The summed E-state index contributed by atoms with van der Waals surface area (Å²) in [6, 6.07) is 8.47. The van der Waals surface area contributed by atoms with E-state index < -0.39 is 17.9 Å². The second-order valence-corrected chi connectivity index (χ2v) is 6.53. The van der Waals surface area contributed by atoms with Crippen LogP contribution in [0.4, 0.5) is 0 Å². The maximum atomic E-state index is 12.6. The number of thiazole rings is 1. The molecule has 1 aromatic heterocycles. The van der Waals surface area contributed by atoms with Crippen molar-refractivity contribution in [1.82, 2.24) is 10.3 Å². The largest absolute Gasteiger partial charge is 0.481 e. The van der Waals surface area contributed by atoms with E-state index in [0.29, 0.717) is 22.2 Å². The van der Waals surface area contributed by atoms with Crippen molar-refractivity contribution < 1.29 is 19.4 Å². The maximum Gasteiger partial charge on any atom is 0.308 e. The molecule has 128 valence electrons. The van der Waals surface area contributed by atoms with Crippen molar-refractivity contribution in [3.63, 3.8) is 0 Å². The lowest BCUT2D eigenvalue weighted by atomic mass is 9.94. The average Bonchev–Trinajstić information content (AvgIpc) is 2.93. The first kappa shape index (κ1) is 18.1. The lowest BCUT2D eigenvalue weighted by Crippen LogP contribution is -2.35. The van der Waals surface area contributed by atoms with Gasteiger partial charge in [-0.25, -0.2) is 4.98 Å². The number of rotatable bonds is 7. The first-order chi connectivity index (χ1) is 11.4. The highest BCUT2D eigenvalue weighted by Gasteiger charge is 2.28. The number of amides is 1. The van der Waals surface area contributed by atoms with Gasteiger partial charge in [0.05, 0.1) is 24.3 Å². The molecular formula is C17H20N2O4S. The van der Waals surface area contributed by atoms with E-state index in [0.717, 1.165) is 5.56 Å². The summed E-state index contributed by atoms with van der Waals surface area (Å²) >= 11 is 1.25. The molecule has 0 aliphatic rings. The third-order valence-corrected chi connectivity index (χ3v) is 4.78. The normalized spacial score (nSPS) is 13.3. The first-order valence-electron chi connectivity index (χ1n) is 7.48. The molecule has 0 saturated carbocycles. The van der Waals surface area contributed by atoms with Crippen LogP contribution in [0.3, 0.4) is 0 Å². The topological polar surface area (TPSA) is 88.5 Å². The fourth-order valence-corrected chi connectivity index (χ4v) is 3.29. The smallest absolute Gasteiger partial charge is 0.308 e. The van der Waals surface area contributed by atoms with Crippen molar-refractivity contribution in [1.29, 1.82) is 0 Å². The van der Waals surface area contributed by atoms with Gasteiger partial charge in [0.15, 0.2) is 0 Å². The Balaban J connectivity index is 2.26. The summed E-state index contributed by atoms with van der Waals surface area (Å²) in [5, 5.41) is 12.9. The molecular weight excluding hydrogens is 328 g/mol. The van der Waals surface area contributed by atoms with Crippen molar-refractivity contribution >= 4 is 23.2 Å². The number of carbonyl (C=O) groups is 2. The molecule has 2 aromatic rings. The van der Waals surface area contributed by atoms with Crippen LogP contribution in [-0.4, -0.2) is 29.1 Å². The fourth-order valence-electron chi connectivity index (χ4n) is 2.35. The van der Waals surface area contributed by atoms with Gasteiger partial charge >= 0.3 is 5.97 Å². The van der Waals surface area contributed by atoms with Gasteiger partial charge in [-0.05, 0) is 19.4 Å². The Morgan fingerprint density at radius 3 is 2.58 bits per heavy atom. The molecule has 1 aromatic carbocycles. The van der Waals surface area contributed by atoms with Crippen LogP contribution >= 0.6 is 11.3 Å². The molecule has 2 unspecified atom stereocenters. The van der Waals surface area contributed by atoms with Crippen molar-refractivity contribution in [2.75, 3.05) is 7.11 Å². The van der Waals surface area contributed by atoms with Crippen LogP contribution in [0, 0.1) is 12.8 Å². The van der Waals surface area contributed by atoms with Gasteiger partial charge in [0, 0.05) is 7.11 Å². The Morgan fingerprint density at radius 2 is 2.00 bits per heavy atom. The molecule has 0 aliphatic carbocycles. The standard InChI is InChI=1S/C17H20N2O4S/c1-10(17(21)22)14(12-7-5-4-6-8-12)19-16(20)15-11(2)18-13(24-15)9-23-3/h4-8,10,14H,9H2,1-3H3,(H,19,20)(H,21,22). The molecule has 1 amide bonds. The number of aliphatic carboxylic acids is 1. The van der Waals surface area contributed by atoms with E-state index in [4.69, 9.17) is 4.74 Å². The van der Waals surface area contributed by atoms with Gasteiger partial charge in [0.1, 0.15) is 9.88 Å². The molecule has 2 rings (SSSR count). The molecule has 2 N–H and O–H groups in total. The predicted molar refractivity (Wildman–Crippen MR) is 91.0 cm³/mol. The van der Waals surface area contributed by atoms with Gasteiger partial charge in [-0.2, -0.15) is 0 Å². The number of carbonyl (C=O) groups excluding carboxylic acids is 1. The third-order valence-electron chi connectivity index (χ3n) is 3.65. The minimum Gasteiger partial charge on any atom is -0.481 e. The molecule has 6 nitrogen and oxygen atoms in total. The van der Waals surface area contributed by atoms with E-state index in [2.05, 4.69) is 10.3 Å². The second kappa shape index (κ2) is 8.03. The first-order valence-corrected chi connectivity index (χ1v) is 8.29. The molecule has 2 atom stereocenters. The molecule has 24 heavy (non-hydrogen) atoms. The molecule has 0 bridgehead atoms. The van der Waals surface area contributed by atoms with E-state index in [1.165, 1.54) is 11.3 Å². The van der Waals surface area contributed by atoms with Crippen LogP contribution in [0.1, 0.15) is 38.9 Å². The number of nitrogens with one attached hydrogen (secondary N) is 1. The third kappa shape index (κ3) is 4.18. The lowest BCUT2D eigenvalue weighted by Gasteiger charge is -2.22. The van der Waals surface area contributed by atoms with E-state index >= 15 is 0 Å². The van der Waals surface area contributed by atoms with Gasteiger partial charge in [0.2, 0.25) is 0 Å². The number of nitrogens with zero attached hydrogens (tertiary/aromatic N) is 1. The van der Waals surface area contributed by atoms with Gasteiger partial charge in [-0.3, -0.25) is 9.59 Å². The van der Waals surface area contributed by atoms with Gasteiger partial charge < -0.3 is 15.2 Å². The van der Waals surface area contributed by atoms with Gasteiger partial charge in [-0.15, -0.1) is 11.3 Å². The highest BCUT2D eigenvalue weighted by Crippen LogP contribution is 2.25. The summed E-state index contributed by atoms with van der Waals surface area (Å²) in [4.78, 5) is 28.8. The summed E-state index contributed by atoms with van der Waals surface area (Å²) in [6.07, 6.45) is 0. The van der Waals surface area contributed by atoms with E-state index in [-0.39, 0.29) is 5.91 Å². The summed E-state index contributed by atoms with van der Waals surface area (Å²) in [7, 11) is 1.57. The second-order valence-electron chi connectivity index (χ2n) is 5.44. The monoisotopic (exact) mass is 348 g/mol. The molecule has 0 fully saturated rings. The zero-order valence-corrected chi connectivity index (χ0v) is 14.6. The number of carboxylic acid groups (broad SMARTS) is 1. The number of ether oxygens (including phenoxy) is 1. The number of hydrogen-bond donors (Lipinski definition) is 2. The Labute approximate surface area is 144 Å². The lowest BCUT2D eigenvalue weighted by molar-refractivity contribution is -0.142. The van der Waals surface area contributed by atoms with Crippen LogP contribution in [0.25, 0.3) is 0 Å². The predicted octanol–water partition coefficient (Wildman–Crippen LogP) is 2.79. The van der Waals surface area contributed by atoms with Crippen LogP contribution in [0.15, 0.2) is 30.3 Å². The minimum absolute atomic E-state index is 0.325. The van der Waals surface area contributed by atoms with Crippen LogP contribution in [0.5, 0.6) is 0 Å². The Bertz CT molecular complexity index is 715. The maximum absolute atomic E-state index is 12.6. The summed E-state index contributed by atoms with van der Waals surface area (Å²) in [6.45, 7) is 3.67. The Kier molecular flexibility index (Phi) is 6.05. The van der Waals surface area contributed by atoms with E-state index in [1.807, 2.05) is 18.2 Å². The highest BCUT2D eigenvalue weighted by atomic mass is 32.1. The van der Waals surface area contributed by atoms with E-state index in [9.17, 15) is 14.7 Å². The average molecular weight is 348 g/mol. The van der Waals surface area contributed by atoms with Crippen molar-refractivity contribution in [2.45, 2.75) is 26.5 Å². The molecule has 7 heteroatoms. The molecule has 0 spiro atoms. The number of benzene rings is 1.